The Labute approximate surface area is 198 Å². The summed E-state index contributed by atoms with van der Waals surface area (Å²) < 4.78 is 21.8. The second kappa shape index (κ2) is 9.97. The Kier molecular flexibility index (Phi) is 6.84. The van der Waals surface area contributed by atoms with Crippen LogP contribution >= 0.6 is 0 Å². The molecular formula is C27H27FN4O2. The summed E-state index contributed by atoms with van der Waals surface area (Å²) in [5, 5.41) is 7.60. The molecule has 7 heteroatoms. The molecule has 0 saturated carbocycles. The van der Waals surface area contributed by atoms with E-state index in [0.29, 0.717) is 23.5 Å². The summed E-state index contributed by atoms with van der Waals surface area (Å²) in [5.41, 5.74) is 3.77. The molecule has 0 spiro atoms. The summed E-state index contributed by atoms with van der Waals surface area (Å²) in [6.45, 7) is 5.82. The van der Waals surface area contributed by atoms with Crippen molar-refractivity contribution in [1.29, 1.82) is 0 Å². The highest BCUT2D eigenvalue weighted by Gasteiger charge is 2.19. The van der Waals surface area contributed by atoms with Crippen LogP contribution in [0.25, 0.3) is 28.2 Å². The summed E-state index contributed by atoms with van der Waals surface area (Å²) in [5.74, 6) is -0.709. The van der Waals surface area contributed by atoms with Gasteiger partial charge in [-0.3, -0.25) is 9.78 Å². The number of carbonyl (C=O) groups is 1. The van der Waals surface area contributed by atoms with E-state index in [1.54, 1.807) is 35.3 Å². The Bertz CT molecular complexity index is 1260. The molecule has 34 heavy (non-hydrogen) atoms. The van der Waals surface area contributed by atoms with Crippen molar-refractivity contribution >= 4 is 5.97 Å². The minimum Gasteiger partial charge on any atom is -0.459 e. The van der Waals surface area contributed by atoms with Crippen molar-refractivity contribution in [2.75, 3.05) is 6.54 Å². The molecule has 6 nitrogen and oxygen atoms in total. The first kappa shape index (κ1) is 23.3. The third-order valence-corrected chi connectivity index (χ3v) is 5.04. The fraction of sp³-hybridized carbons (Fsp3) is 0.222. The largest absolute Gasteiger partial charge is 0.459 e. The van der Waals surface area contributed by atoms with E-state index in [1.807, 2.05) is 63.2 Å². The van der Waals surface area contributed by atoms with Gasteiger partial charge < -0.3 is 10.1 Å². The molecule has 2 aromatic carbocycles. The first-order chi connectivity index (χ1) is 16.3. The fourth-order valence-electron chi connectivity index (χ4n) is 3.62. The average molecular weight is 459 g/mol. The van der Waals surface area contributed by atoms with E-state index in [2.05, 4.69) is 15.4 Å². The Morgan fingerprint density at radius 2 is 1.74 bits per heavy atom. The molecule has 0 unspecified atom stereocenters. The molecule has 0 aliphatic carbocycles. The molecule has 2 heterocycles. The summed E-state index contributed by atoms with van der Waals surface area (Å²) in [7, 11) is 0. The van der Waals surface area contributed by atoms with Gasteiger partial charge in [0.15, 0.2) is 0 Å². The molecule has 0 saturated heterocycles. The van der Waals surface area contributed by atoms with E-state index in [9.17, 15) is 9.18 Å². The average Bonchev–Trinajstić information content (AvgIpc) is 3.22. The van der Waals surface area contributed by atoms with Gasteiger partial charge in [0, 0.05) is 23.2 Å². The molecule has 0 fully saturated rings. The minimum absolute atomic E-state index is 0.0342. The molecule has 4 rings (SSSR count). The van der Waals surface area contributed by atoms with Crippen molar-refractivity contribution < 1.29 is 13.9 Å². The van der Waals surface area contributed by atoms with E-state index in [-0.39, 0.29) is 18.3 Å². The molecule has 174 valence electrons. The topological polar surface area (TPSA) is 69.0 Å². The van der Waals surface area contributed by atoms with Gasteiger partial charge in [-0.2, -0.15) is 5.10 Å². The third-order valence-electron chi connectivity index (χ3n) is 5.04. The molecular weight excluding hydrogens is 431 g/mol. The Morgan fingerprint density at radius 1 is 1.00 bits per heavy atom. The number of carbonyl (C=O) groups excluding carboxylic acids is 1. The zero-order valence-corrected chi connectivity index (χ0v) is 19.5. The standard InChI is InChI=1S/C27H27FN4O2/c1-27(2,3)34-25(33)18-29-15-20-16-31-32(26(20)22-11-7-8-12-23(22)28)21-13-14-24(30-17-21)19-9-5-4-6-10-19/h4-14,16-17,29H,15,18H2,1-3H3. The maximum Gasteiger partial charge on any atom is 0.320 e. The van der Waals surface area contributed by atoms with Crippen LogP contribution in [0, 0.1) is 5.82 Å². The van der Waals surface area contributed by atoms with Crippen LogP contribution in [0.3, 0.4) is 0 Å². The van der Waals surface area contributed by atoms with Gasteiger partial charge in [0.1, 0.15) is 11.4 Å². The molecule has 1 N–H and O–H groups in total. The zero-order valence-electron chi connectivity index (χ0n) is 19.5. The molecule has 0 aliphatic rings. The number of ether oxygens (including phenoxy) is 1. The number of nitrogens with one attached hydrogen (secondary N) is 1. The van der Waals surface area contributed by atoms with Crippen LogP contribution in [0.1, 0.15) is 26.3 Å². The van der Waals surface area contributed by atoms with Crippen LogP contribution in [0.2, 0.25) is 0 Å². The molecule has 0 amide bonds. The van der Waals surface area contributed by atoms with E-state index in [4.69, 9.17) is 4.74 Å². The second-order valence-electron chi connectivity index (χ2n) is 8.87. The van der Waals surface area contributed by atoms with Crippen molar-refractivity contribution in [1.82, 2.24) is 20.1 Å². The number of hydrogen-bond donors (Lipinski definition) is 1. The number of nitrogens with zero attached hydrogens (tertiary/aromatic N) is 3. The number of rotatable bonds is 7. The predicted octanol–water partition coefficient (Wildman–Crippen LogP) is 5.17. The highest BCUT2D eigenvalue weighted by molar-refractivity contribution is 5.72. The van der Waals surface area contributed by atoms with Gasteiger partial charge in [-0.05, 0) is 45.0 Å². The van der Waals surface area contributed by atoms with Crippen molar-refractivity contribution in [2.24, 2.45) is 0 Å². The number of halogens is 1. The SMILES string of the molecule is CC(C)(C)OC(=O)CNCc1cnn(-c2ccc(-c3ccccc3)nc2)c1-c1ccccc1F. The van der Waals surface area contributed by atoms with Gasteiger partial charge in [0.05, 0.1) is 36.0 Å². The number of esters is 1. The lowest BCUT2D eigenvalue weighted by molar-refractivity contribution is -0.153. The quantitative estimate of drug-likeness (QED) is 0.387. The van der Waals surface area contributed by atoms with Crippen molar-refractivity contribution in [3.05, 3.63) is 90.5 Å². The molecule has 0 atom stereocenters. The maximum atomic E-state index is 14.8. The number of hydrogen-bond acceptors (Lipinski definition) is 5. The Balaban J connectivity index is 1.62. The van der Waals surface area contributed by atoms with Gasteiger partial charge in [0.2, 0.25) is 0 Å². The lowest BCUT2D eigenvalue weighted by atomic mass is 10.1. The second-order valence-corrected chi connectivity index (χ2v) is 8.87. The first-order valence-electron chi connectivity index (χ1n) is 11.1. The molecule has 2 aromatic heterocycles. The highest BCUT2D eigenvalue weighted by Crippen LogP contribution is 2.29. The van der Waals surface area contributed by atoms with Crippen LogP contribution in [-0.4, -0.2) is 32.9 Å². The van der Waals surface area contributed by atoms with E-state index in [0.717, 1.165) is 16.8 Å². The smallest absolute Gasteiger partial charge is 0.320 e. The highest BCUT2D eigenvalue weighted by atomic mass is 19.1. The molecule has 0 bridgehead atoms. The van der Waals surface area contributed by atoms with Gasteiger partial charge in [0.25, 0.3) is 0 Å². The number of aromatic nitrogens is 3. The van der Waals surface area contributed by atoms with Crippen LogP contribution < -0.4 is 5.32 Å². The monoisotopic (exact) mass is 458 g/mol. The van der Waals surface area contributed by atoms with E-state index >= 15 is 0 Å². The van der Waals surface area contributed by atoms with Crippen LogP contribution in [0.15, 0.2) is 79.1 Å². The van der Waals surface area contributed by atoms with Gasteiger partial charge in [-0.25, -0.2) is 9.07 Å². The van der Waals surface area contributed by atoms with Crippen LogP contribution in [-0.2, 0) is 16.1 Å². The molecule has 0 aliphatic heterocycles. The lowest BCUT2D eigenvalue weighted by Crippen LogP contribution is -2.31. The summed E-state index contributed by atoms with van der Waals surface area (Å²) in [6.07, 6.45) is 3.40. The minimum atomic E-state index is -0.555. The van der Waals surface area contributed by atoms with Crippen LogP contribution in [0.4, 0.5) is 4.39 Å². The molecule has 4 aromatic rings. The van der Waals surface area contributed by atoms with Gasteiger partial charge >= 0.3 is 5.97 Å². The lowest BCUT2D eigenvalue weighted by Gasteiger charge is -2.19. The summed E-state index contributed by atoms with van der Waals surface area (Å²) >= 11 is 0. The van der Waals surface area contributed by atoms with Gasteiger partial charge in [-0.1, -0.05) is 42.5 Å². The zero-order chi connectivity index (χ0) is 24.1. The summed E-state index contributed by atoms with van der Waals surface area (Å²) in [4.78, 5) is 16.6. The van der Waals surface area contributed by atoms with E-state index < -0.39 is 5.60 Å². The third kappa shape index (κ3) is 5.55. The van der Waals surface area contributed by atoms with Crippen LogP contribution in [0.5, 0.6) is 0 Å². The predicted molar refractivity (Wildman–Crippen MR) is 130 cm³/mol. The Hall–Kier alpha value is -3.84. The Morgan fingerprint density at radius 3 is 2.41 bits per heavy atom. The fourth-order valence-corrected chi connectivity index (χ4v) is 3.62. The van der Waals surface area contributed by atoms with Gasteiger partial charge in [-0.15, -0.1) is 0 Å². The van der Waals surface area contributed by atoms with E-state index in [1.165, 1.54) is 6.07 Å². The number of benzene rings is 2. The maximum absolute atomic E-state index is 14.8. The van der Waals surface area contributed by atoms with Crippen molar-refractivity contribution in [2.45, 2.75) is 32.9 Å². The first-order valence-corrected chi connectivity index (χ1v) is 11.1. The van der Waals surface area contributed by atoms with Crippen molar-refractivity contribution in [3.8, 4) is 28.2 Å². The number of pyridine rings is 1. The normalized spacial score (nSPS) is 11.4. The van der Waals surface area contributed by atoms with Crippen molar-refractivity contribution in [3.63, 3.8) is 0 Å². The molecule has 0 radical (unpaired) electrons. The summed E-state index contributed by atoms with van der Waals surface area (Å²) in [6, 6.07) is 20.3.